The van der Waals surface area contributed by atoms with Crippen LogP contribution in [0.2, 0.25) is 0 Å². The Morgan fingerprint density at radius 1 is 1.38 bits per heavy atom. The Morgan fingerprint density at radius 2 is 2.14 bits per heavy atom. The molecule has 2 aromatic heterocycles. The lowest BCUT2D eigenvalue weighted by Crippen LogP contribution is -2.14. The molecule has 2 heterocycles. The summed E-state index contributed by atoms with van der Waals surface area (Å²) < 4.78 is 17.4. The van der Waals surface area contributed by atoms with Gasteiger partial charge < -0.3 is 4.57 Å². The van der Waals surface area contributed by atoms with Crippen LogP contribution in [0, 0.1) is 12.7 Å². The lowest BCUT2D eigenvalue weighted by molar-refractivity contribution is 0.0992. The summed E-state index contributed by atoms with van der Waals surface area (Å²) in [5.41, 5.74) is 1.95. The van der Waals surface area contributed by atoms with Gasteiger partial charge in [0.1, 0.15) is 5.82 Å². The van der Waals surface area contributed by atoms with E-state index in [1.165, 1.54) is 23.5 Å². The van der Waals surface area contributed by atoms with E-state index in [1.54, 1.807) is 35.6 Å². The Balaban J connectivity index is 2.13. The van der Waals surface area contributed by atoms with Crippen molar-refractivity contribution in [1.82, 2.24) is 14.3 Å². The molecule has 108 valence electrons. The maximum absolute atomic E-state index is 13.2. The van der Waals surface area contributed by atoms with E-state index < -0.39 is 5.91 Å². The van der Waals surface area contributed by atoms with E-state index >= 15 is 0 Å². The number of halogens is 1. The molecule has 0 saturated heterocycles. The Labute approximate surface area is 124 Å². The van der Waals surface area contributed by atoms with Gasteiger partial charge in [-0.3, -0.25) is 9.48 Å². The average Bonchev–Trinajstić information content (AvgIpc) is 2.90. The number of rotatable bonds is 1. The highest BCUT2D eigenvalue weighted by atomic mass is 32.1. The molecule has 0 fully saturated rings. The quantitative estimate of drug-likeness (QED) is 0.692. The zero-order valence-corrected chi connectivity index (χ0v) is 12.6. The molecule has 1 amide bonds. The minimum absolute atomic E-state index is 0.303. The predicted octanol–water partition coefficient (Wildman–Crippen LogP) is 2.16. The molecule has 0 aliphatic heterocycles. The number of nitrogens with zero attached hydrogens (tertiary/aromatic N) is 4. The Hall–Kier alpha value is -2.28. The Kier molecular flexibility index (Phi) is 3.21. The van der Waals surface area contributed by atoms with Gasteiger partial charge in [-0.25, -0.2) is 4.39 Å². The number of thiazole rings is 1. The van der Waals surface area contributed by atoms with Gasteiger partial charge in [-0.2, -0.15) is 10.1 Å². The van der Waals surface area contributed by atoms with Gasteiger partial charge in [-0.1, -0.05) is 11.3 Å². The van der Waals surface area contributed by atoms with Crippen LogP contribution in [0.1, 0.15) is 16.1 Å². The molecule has 0 atom stereocenters. The first kappa shape index (κ1) is 13.7. The van der Waals surface area contributed by atoms with E-state index in [0.29, 0.717) is 10.5 Å². The smallest absolute Gasteiger partial charge is 0.300 e. The van der Waals surface area contributed by atoms with Crippen molar-refractivity contribution in [2.45, 2.75) is 6.92 Å². The molecule has 1 aromatic carbocycles. The molecule has 0 N–H and O–H groups in total. The summed E-state index contributed by atoms with van der Waals surface area (Å²) in [6.07, 6.45) is 1.77. The van der Waals surface area contributed by atoms with Gasteiger partial charge in [0.2, 0.25) is 0 Å². The van der Waals surface area contributed by atoms with Gasteiger partial charge >= 0.3 is 0 Å². The second-order valence-electron chi connectivity index (χ2n) is 4.81. The number of aromatic nitrogens is 3. The summed E-state index contributed by atoms with van der Waals surface area (Å²) in [6.45, 7) is 1.82. The second-order valence-corrected chi connectivity index (χ2v) is 5.82. The van der Waals surface area contributed by atoms with Crippen molar-refractivity contribution in [2.24, 2.45) is 19.1 Å². The summed E-state index contributed by atoms with van der Waals surface area (Å²) in [4.78, 5) is 16.9. The number of aryl methyl sites for hydroxylation is 3. The number of carbonyl (C=O) groups is 1. The van der Waals surface area contributed by atoms with Gasteiger partial charge in [0, 0.05) is 25.9 Å². The van der Waals surface area contributed by atoms with Crippen LogP contribution >= 0.6 is 11.3 Å². The molecule has 21 heavy (non-hydrogen) atoms. The van der Waals surface area contributed by atoms with E-state index in [2.05, 4.69) is 10.1 Å². The molecule has 0 radical (unpaired) electrons. The minimum Gasteiger partial charge on any atom is -0.319 e. The highest BCUT2D eigenvalue weighted by Crippen LogP contribution is 2.17. The fraction of sp³-hybridized carbons (Fsp3) is 0.214. The standard InChI is InChI=1S/C14H13FN4OS/c1-8-7-18(2)17-12(8)13(20)16-14-19(3)10-5-4-9(15)6-11(10)21-14/h4-7H,1-3H3. The molecule has 7 heteroatoms. The third kappa shape index (κ3) is 2.40. The molecule has 5 nitrogen and oxygen atoms in total. The molecule has 0 spiro atoms. The van der Waals surface area contributed by atoms with E-state index in [-0.39, 0.29) is 5.82 Å². The minimum atomic E-state index is -0.393. The molecule has 3 aromatic rings. The topological polar surface area (TPSA) is 52.2 Å². The third-order valence-electron chi connectivity index (χ3n) is 3.18. The number of carbonyl (C=O) groups excluding carboxylic acids is 1. The molecule has 0 aliphatic rings. The van der Waals surface area contributed by atoms with Gasteiger partial charge in [0.25, 0.3) is 5.91 Å². The molecular formula is C14H13FN4OS. The zero-order valence-electron chi connectivity index (χ0n) is 11.8. The third-order valence-corrected chi connectivity index (χ3v) is 4.28. The van der Waals surface area contributed by atoms with Crippen LogP contribution in [-0.4, -0.2) is 20.3 Å². The van der Waals surface area contributed by atoms with Crippen molar-refractivity contribution < 1.29 is 9.18 Å². The van der Waals surface area contributed by atoms with Crippen molar-refractivity contribution in [3.8, 4) is 0 Å². The SMILES string of the molecule is Cc1cn(C)nc1C(=O)N=c1sc2cc(F)ccc2n1C. The normalized spacial score (nSPS) is 12.3. The van der Waals surface area contributed by atoms with Crippen molar-refractivity contribution in [3.63, 3.8) is 0 Å². The summed E-state index contributed by atoms with van der Waals surface area (Å²) in [5, 5.41) is 4.11. The fourth-order valence-corrected chi connectivity index (χ4v) is 3.21. The fourth-order valence-electron chi connectivity index (χ4n) is 2.17. The summed E-state index contributed by atoms with van der Waals surface area (Å²) in [6, 6.07) is 4.51. The average molecular weight is 304 g/mol. The van der Waals surface area contributed by atoms with E-state index in [9.17, 15) is 9.18 Å². The van der Waals surface area contributed by atoms with Crippen LogP contribution in [0.15, 0.2) is 29.4 Å². The largest absolute Gasteiger partial charge is 0.319 e. The highest BCUT2D eigenvalue weighted by molar-refractivity contribution is 7.16. The number of hydrogen-bond donors (Lipinski definition) is 0. The summed E-state index contributed by atoms with van der Waals surface area (Å²) >= 11 is 1.27. The van der Waals surface area contributed by atoms with Crippen LogP contribution < -0.4 is 4.80 Å². The molecular weight excluding hydrogens is 291 g/mol. The first-order chi connectivity index (χ1) is 9.95. The Bertz CT molecular complexity index is 919. The number of hydrogen-bond acceptors (Lipinski definition) is 3. The number of fused-ring (bicyclic) bond motifs is 1. The lowest BCUT2D eigenvalue weighted by atomic mass is 10.3. The van der Waals surface area contributed by atoms with Gasteiger partial charge in [0.05, 0.1) is 10.2 Å². The van der Waals surface area contributed by atoms with Crippen molar-refractivity contribution in [2.75, 3.05) is 0 Å². The van der Waals surface area contributed by atoms with Crippen LogP contribution in [0.25, 0.3) is 10.2 Å². The van der Waals surface area contributed by atoms with E-state index in [1.807, 2.05) is 6.92 Å². The molecule has 0 unspecified atom stereocenters. The van der Waals surface area contributed by atoms with E-state index in [4.69, 9.17) is 0 Å². The van der Waals surface area contributed by atoms with Crippen molar-refractivity contribution >= 4 is 27.5 Å². The first-order valence-electron chi connectivity index (χ1n) is 6.30. The molecule has 3 rings (SSSR count). The van der Waals surface area contributed by atoms with Gasteiger partial charge in [0.15, 0.2) is 10.5 Å². The van der Waals surface area contributed by atoms with Crippen LogP contribution in [0.5, 0.6) is 0 Å². The summed E-state index contributed by atoms with van der Waals surface area (Å²) in [5.74, 6) is -0.696. The Morgan fingerprint density at radius 3 is 2.81 bits per heavy atom. The van der Waals surface area contributed by atoms with Crippen LogP contribution in [0.4, 0.5) is 4.39 Å². The zero-order chi connectivity index (χ0) is 15.1. The van der Waals surface area contributed by atoms with Crippen LogP contribution in [-0.2, 0) is 14.1 Å². The lowest BCUT2D eigenvalue weighted by Gasteiger charge is -1.95. The highest BCUT2D eigenvalue weighted by Gasteiger charge is 2.13. The first-order valence-corrected chi connectivity index (χ1v) is 7.12. The summed E-state index contributed by atoms with van der Waals surface area (Å²) in [7, 11) is 3.56. The molecule has 0 saturated carbocycles. The van der Waals surface area contributed by atoms with Crippen molar-refractivity contribution in [3.05, 3.63) is 46.3 Å². The van der Waals surface area contributed by atoms with Gasteiger partial charge in [-0.05, 0) is 25.1 Å². The number of benzene rings is 1. The second kappa shape index (κ2) is 4.92. The maximum Gasteiger partial charge on any atom is 0.300 e. The maximum atomic E-state index is 13.2. The monoisotopic (exact) mass is 304 g/mol. The molecule has 0 bridgehead atoms. The number of amides is 1. The van der Waals surface area contributed by atoms with Crippen LogP contribution in [0.3, 0.4) is 0 Å². The molecule has 0 aliphatic carbocycles. The van der Waals surface area contributed by atoms with Crippen molar-refractivity contribution in [1.29, 1.82) is 0 Å². The van der Waals surface area contributed by atoms with E-state index in [0.717, 1.165) is 15.8 Å². The predicted molar refractivity (Wildman–Crippen MR) is 78.6 cm³/mol. The van der Waals surface area contributed by atoms with Gasteiger partial charge in [-0.15, -0.1) is 0 Å².